The number of allylic oxidation sites excluding steroid dienone is 1. The molecular weight excluding hydrogens is 532 g/mol. The molecule has 41 heavy (non-hydrogen) atoms. The molecule has 0 amide bonds. The first-order chi connectivity index (χ1) is 19.8. The van der Waals surface area contributed by atoms with Crippen LogP contribution in [0.25, 0.3) is 22.3 Å². The number of rotatable bonds is 13. The normalized spacial score (nSPS) is 11.8. The molecule has 4 aromatic carbocycles. The zero-order valence-corrected chi connectivity index (χ0v) is 22.8. The van der Waals surface area contributed by atoms with Gasteiger partial charge in [0.1, 0.15) is 6.61 Å². The van der Waals surface area contributed by atoms with Gasteiger partial charge in [0, 0.05) is 11.1 Å². The van der Waals surface area contributed by atoms with Gasteiger partial charge in [-0.2, -0.15) is 8.78 Å². The number of aliphatic hydroxyl groups is 1. The first-order valence-corrected chi connectivity index (χ1v) is 13.5. The quantitative estimate of drug-likeness (QED) is 0.0999. The number of hydrogen-bond donors (Lipinski definition) is 1. The van der Waals surface area contributed by atoms with Crippen LogP contribution < -0.4 is 9.47 Å². The third-order valence-corrected chi connectivity index (χ3v) is 6.73. The van der Waals surface area contributed by atoms with Crippen LogP contribution in [0, 0.1) is 23.3 Å². The van der Waals surface area contributed by atoms with E-state index in [2.05, 4.69) is 6.58 Å². The highest BCUT2D eigenvalue weighted by Gasteiger charge is 2.18. The van der Waals surface area contributed by atoms with Gasteiger partial charge in [0.05, 0.1) is 12.7 Å². The van der Waals surface area contributed by atoms with Gasteiger partial charge in [0.2, 0.25) is 11.6 Å². The highest BCUT2D eigenvalue weighted by Crippen LogP contribution is 2.33. The predicted octanol–water partition coefficient (Wildman–Crippen LogP) is 9.33. The molecule has 0 saturated heterocycles. The van der Waals surface area contributed by atoms with Crippen LogP contribution in [-0.4, -0.2) is 11.7 Å². The fourth-order valence-electron chi connectivity index (χ4n) is 4.41. The lowest BCUT2D eigenvalue weighted by Crippen LogP contribution is -2.03. The van der Waals surface area contributed by atoms with Gasteiger partial charge in [-0.15, -0.1) is 6.58 Å². The molecule has 0 aliphatic heterocycles. The minimum atomic E-state index is -1.15. The van der Waals surface area contributed by atoms with Gasteiger partial charge in [-0.25, -0.2) is 8.78 Å². The highest BCUT2D eigenvalue weighted by molar-refractivity contribution is 5.72. The largest absolute Gasteiger partial charge is 0.490 e. The Morgan fingerprint density at radius 1 is 0.732 bits per heavy atom. The van der Waals surface area contributed by atoms with Crippen molar-refractivity contribution in [1.29, 1.82) is 0 Å². The molecule has 3 nitrogen and oxygen atoms in total. The van der Waals surface area contributed by atoms with E-state index in [9.17, 15) is 13.9 Å². The SMILES string of the molecule is C=CCCCOc1ccc(OCc2ccc(-c3ccc(-c4ccc(C(O)CCC)cc4)c(F)c3F)cc2)c(F)c1F. The average molecular weight is 565 g/mol. The summed E-state index contributed by atoms with van der Waals surface area (Å²) < 4.78 is 69.7. The maximum atomic E-state index is 15.1. The van der Waals surface area contributed by atoms with Gasteiger partial charge in [-0.1, -0.05) is 80.1 Å². The lowest BCUT2D eigenvalue weighted by atomic mass is 9.96. The molecule has 0 saturated carbocycles. The summed E-state index contributed by atoms with van der Waals surface area (Å²) in [4.78, 5) is 0. The number of unbranched alkanes of at least 4 members (excludes halogenated alkanes) is 1. The maximum absolute atomic E-state index is 15.1. The fourth-order valence-corrected chi connectivity index (χ4v) is 4.41. The molecule has 1 unspecified atom stereocenters. The van der Waals surface area contributed by atoms with E-state index >= 15 is 8.78 Å². The standard InChI is InChI=1S/C34H32F4O3/c1-3-5-6-20-40-29-18-19-30(34(38)33(29)37)41-21-22-8-10-23(11-9-22)26-16-17-27(32(36)31(26)35)24-12-14-25(15-13-24)28(39)7-4-2/h3,8-19,28,39H,1,4-7,20-21H2,2H3. The molecule has 1 atom stereocenters. The Morgan fingerprint density at radius 3 is 1.80 bits per heavy atom. The zero-order chi connectivity index (χ0) is 29.4. The number of hydrogen-bond acceptors (Lipinski definition) is 3. The van der Waals surface area contributed by atoms with E-state index in [0.29, 0.717) is 36.0 Å². The molecule has 4 rings (SSSR count). The Bertz CT molecular complexity index is 1470. The molecule has 1 N–H and O–H groups in total. The van der Waals surface area contributed by atoms with Crippen LogP contribution in [0.1, 0.15) is 49.8 Å². The molecule has 0 radical (unpaired) electrons. The number of halogens is 4. The summed E-state index contributed by atoms with van der Waals surface area (Å²) in [6, 6.07) is 18.9. The van der Waals surface area contributed by atoms with Gasteiger partial charge in [-0.05, 0) is 53.6 Å². The van der Waals surface area contributed by atoms with Gasteiger partial charge in [0.15, 0.2) is 23.1 Å². The van der Waals surface area contributed by atoms with Crippen molar-refractivity contribution in [3.63, 3.8) is 0 Å². The fraction of sp³-hybridized carbons (Fsp3) is 0.235. The van der Waals surface area contributed by atoms with Crippen molar-refractivity contribution in [1.82, 2.24) is 0 Å². The van der Waals surface area contributed by atoms with Crippen LogP contribution in [-0.2, 0) is 6.61 Å². The van der Waals surface area contributed by atoms with E-state index in [1.165, 1.54) is 24.3 Å². The second-order valence-electron chi connectivity index (χ2n) is 9.67. The molecule has 0 aliphatic rings. The average Bonchev–Trinajstić information content (AvgIpc) is 2.99. The Morgan fingerprint density at radius 2 is 1.27 bits per heavy atom. The summed E-state index contributed by atoms with van der Waals surface area (Å²) in [6.45, 7) is 5.75. The van der Waals surface area contributed by atoms with Crippen LogP contribution in [0.4, 0.5) is 17.6 Å². The first-order valence-electron chi connectivity index (χ1n) is 13.5. The van der Waals surface area contributed by atoms with Crippen LogP contribution in [0.3, 0.4) is 0 Å². The third kappa shape index (κ3) is 7.16. The minimum Gasteiger partial charge on any atom is -0.490 e. The Kier molecular flexibility index (Phi) is 10.2. The third-order valence-electron chi connectivity index (χ3n) is 6.73. The van der Waals surface area contributed by atoms with Gasteiger partial charge in [0.25, 0.3) is 0 Å². The van der Waals surface area contributed by atoms with E-state index in [4.69, 9.17) is 9.47 Å². The number of benzene rings is 4. The monoisotopic (exact) mass is 564 g/mol. The van der Waals surface area contributed by atoms with Crippen LogP contribution in [0.15, 0.2) is 85.5 Å². The molecule has 0 aliphatic carbocycles. The summed E-state index contributed by atoms with van der Waals surface area (Å²) >= 11 is 0. The summed E-state index contributed by atoms with van der Waals surface area (Å²) in [5, 5.41) is 10.1. The molecule has 0 fully saturated rings. The Labute approximate surface area is 237 Å². The predicted molar refractivity (Wildman–Crippen MR) is 153 cm³/mol. The molecule has 4 aromatic rings. The molecule has 7 heteroatoms. The van der Waals surface area contributed by atoms with Crippen molar-refractivity contribution in [2.45, 2.75) is 45.3 Å². The topological polar surface area (TPSA) is 38.7 Å². The zero-order valence-electron chi connectivity index (χ0n) is 22.8. The van der Waals surface area contributed by atoms with E-state index in [-0.39, 0.29) is 35.8 Å². The molecular formula is C34H32F4O3. The Hall–Kier alpha value is -4.10. The van der Waals surface area contributed by atoms with Gasteiger partial charge >= 0.3 is 0 Å². The minimum absolute atomic E-state index is 0.0606. The molecule has 0 spiro atoms. The van der Waals surface area contributed by atoms with Crippen LogP contribution in [0.5, 0.6) is 11.5 Å². The lowest BCUT2D eigenvalue weighted by Gasteiger charge is -2.13. The first kappa shape index (κ1) is 29.9. The van der Waals surface area contributed by atoms with Crippen molar-refractivity contribution in [2.24, 2.45) is 0 Å². The number of ether oxygens (including phenoxy) is 2. The molecule has 0 bridgehead atoms. The van der Waals surface area contributed by atoms with Crippen molar-refractivity contribution < 1.29 is 32.1 Å². The van der Waals surface area contributed by atoms with Crippen LogP contribution in [0.2, 0.25) is 0 Å². The highest BCUT2D eigenvalue weighted by atomic mass is 19.2. The summed E-state index contributed by atoms with van der Waals surface area (Å²) in [7, 11) is 0. The van der Waals surface area contributed by atoms with Crippen molar-refractivity contribution >= 4 is 0 Å². The molecule has 214 valence electrons. The van der Waals surface area contributed by atoms with E-state index in [0.717, 1.165) is 12.0 Å². The van der Waals surface area contributed by atoms with Crippen molar-refractivity contribution in [3.05, 3.63) is 120 Å². The molecule has 0 aromatic heterocycles. The second kappa shape index (κ2) is 14.0. The summed E-state index contributed by atoms with van der Waals surface area (Å²) in [6.07, 6.45) is 3.92. The summed E-state index contributed by atoms with van der Waals surface area (Å²) in [5.74, 6) is -4.67. The van der Waals surface area contributed by atoms with Crippen molar-refractivity contribution in [2.75, 3.05) is 6.61 Å². The van der Waals surface area contributed by atoms with Crippen LogP contribution >= 0.6 is 0 Å². The van der Waals surface area contributed by atoms with E-state index in [1.807, 2.05) is 6.92 Å². The molecule has 0 heterocycles. The summed E-state index contributed by atoms with van der Waals surface area (Å²) in [5.41, 5.74) is 2.52. The Balaban J connectivity index is 1.43. The van der Waals surface area contributed by atoms with Crippen molar-refractivity contribution in [3.8, 4) is 33.8 Å². The van der Waals surface area contributed by atoms with E-state index in [1.54, 1.807) is 54.6 Å². The lowest BCUT2D eigenvalue weighted by molar-refractivity contribution is 0.166. The van der Waals surface area contributed by atoms with Gasteiger partial charge < -0.3 is 14.6 Å². The number of aliphatic hydroxyl groups excluding tert-OH is 1. The van der Waals surface area contributed by atoms with Gasteiger partial charge in [-0.3, -0.25) is 0 Å². The second-order valence-corrected chi connectivity index (χ2v) is 9.67. The maximum Gasteiger partial charge on any atom is 0.204 e. The van der Waals surface area contributed by atoms with E-state index < -0.39 is 29.4 Å². The smallest absolute Gasteiger partial charge is 0.204 e.